The zero-order valence-electron chi connectivity index (χ0n) is 5.90. The van der Waals surface area contributed by atoms with Gasteiger partial charge in [0.15, 0.2) is 0 Å². The molecule has 0 spiro atoms. The van der Waals surface area contributed by atoms with Crippen molar-refractivity contribution in [3.05, 3.63) is 32.6 Å². The van der Waals surface area contributed by atoms with Crippen molar-refractivity contribution in [3.8, 4) is 0 Å². The van der Waals surface area contributed by atoms with Gasteiger partial charge in [0.05, 0.1) is 0 Å². The Kier molecular flexibility index (Phi) is 2.59. The summed E-state index contributed by atoms with van der Waals surface area (Å²) < 4.78 is 13.4. The van der Waals surface area contributed by atoms with E-state index in [9.17, 15) is 9.18 Å². The number of carbonyl (C=O) groups excluding carboxylic acids is 1. The summed E-state index contributed by atoms with van der Waals surface area (Å²) in [4.78, 5) is 10.4. The second-order valence-corrected chi connectivity index (χ2v) is 3.38. The van der Waals surface area contributed by atoms with E-state index < -0.39 is 0 Å². The lowest BCUT2D eigenvalue weighted by molar-refractivity contribution is 0.112. The lowest BCUT2D eigenvalue weighted by Gasteiger charge is -2.00. The van der Waals surface area contributed by atoms with E-state index in [1.54, 1.807) is 6.92 Å². The number of aldehydes is 1. The summed E-state index contributed by atoms with van der Waals surface area (Å²) in [6, 6.07) is 2.65. The molecule has 0 fully saturated rings. The second-order valence-electron chi connectivity index (χ2n) is 2.22. The summed E-state index contributed by atoms with van der Waals surface area (Å²) in [6.07, 6.45) is 0.667. The number of benzene rings is 1. The average Bonchev–Trinajstić information content (AvgIpc) is 1.96. The highest BCUT2D eigenvalue weighted by Crippen LogP contribution is 2.16. The van der Waals surface area contributed by atoms with Crippen LogP contribution in [0.1, 0.15) is 15.9 Å². The minimum atomic E-state index is -0.359. The Morgan fingerprint density at radius 3 is 2.73 bits per heavy atom. The van der Waals surface area contributed by atoms with Crippen molar-refractivity contribution in [2.75, 3.05) is 0 Å². The first-order chi connectivity index (χ1) is 5.15. The highest BCUT2D eigenvalue weighted by Gasteiger charge is 2.03. The van der Waals surface area contributed by atoms with Gasteiger partial charge in [-0.2, -0.15) is 0 Å². The van der Waals surface area contributed by atoms with Crippen LogP contribution in [0.3, 0.4) is 0 Å². The summed E-state index contributed by atoms with van der Waals surface area (Å²) >= 11 is 2.00. The molecular weight excluding hydrogens is 258 g/mol. The van der Waals surface area contributed by atoms with Gasteiger partial charge in [0.25, 0.3) is 0 Å². The molecule has 0 aliphatic rings. The molecule has 58 valence electrons. The van der Waals surface area contributed by atoms with Crippen molar-refractivity contribution in [2.45, 2.75) is 6.92 Å². The SMILES string of the molecule is Cc1c(I)cc(F)cc1C=O. The van der Waals surface area contributed by atoms with E-state index in [2.05, 4.69) is 0 Å². The first-order valence-electron chi connectivity index (χ1n) is 3.06. The van der Waals surface area contributed by atoms with E-state index in [0.29, 0.717) is 11.8 Å². The summed E-state index contributed by atoms with van der Waals surface area (Å²) in [7, 11) is 0. The van der Waals surface area contributed by atoms with Crippen LogP contribution in [0.15, 0.2) is 12.1 Å². The average molecular weight is 264 g/mol. The molecule has 1 nitrogen and oxygen atoms in total. The molecule has 0 aliphatic carbocycles. The predicted molar refractivity (Wildman–Crippen MR) is 49.2 cm³/mol. The molecule has 3 heteroatoms. The van der Waals surface area contributed by atoms with Gasteiger partial charge >= 0.3 is 0 Å². The van der Waals surface area contributed by atoms with Crippen molar-refractivity contribution in [1.29, 1.82) is 0 Å². The first kappa shape index (κ1) is 8.64. The van der Waals surface area contributed by atoms with Crippen LogP contribution in [0.25, 0.3) is 0 Å². The standard InChI is InChI=1S/C8H6FIO/c1-5-6(4-11)2-7(9)3-8(5)10/h2-4H,1H3. The van der Waals surface area contributed by atoms with E-state index in [4.69, 9.17) is 0 Å². The molecule has 0 atom stereocenters. The fourth-order valence-electron chi connectivity index (χ4n) is 0.788. The number of halogens is 2. The van der Waals surface area contributed by atoms with Crippen LogP contribution in [0.2, 0.25) is 0 Å². The van der Waals surface area contributed by atoms with Crippen molar-refractivity contribution < 1.29 is 9.18 Å². The molecule has 11 heavy (non-hydrogen) atoms. The number of rotatable bonds is 1. The molecule has 1 aromatic carbocycles. The van der Waals surface area contributed by atoms with Crippen LogP contribution < -0.4 is 0 Å². The number of hydrogen-bond donors (Lipinski definition) is 0. The van der Waals surface area contributed by atoms with Crippen LogP contribution >= 0.6 is 22.6 Å². The third kappa shape index (κ3) is 1.77. The molecule has 0 aliphatic heterocycles. The normalized spacial score (nSPS) is 9.73. The topological polar surface area (TPSA) is 17.1 Å². The summed E-state index contributed by atoms with van der Waals surface area (Å²) in [5, 5.41) is 0. The Balaban J connectivity index is 3.35. The lowest BCUT2D eigenvalue weighted by atomic mass is 10.1. The van der Waals surface area contributed by atoms with Crippen molar-refractivity contribution in [3.63, 3.8) is 0 Å². The van der Waals surface area contributed by atoms with Gasteiger partial charge in [-0.05, 0) is 47.2 Å². The van der Waals surface area contributed by atoms with E-state index in [1.165, 1.54) is 12.1 Å². The fraction of sp³-hybridized carbons (Fsp3) is 0.125. The quantitative estimate of drug-likeness (QED) is 0.562. The molecule has 0 aromatic heterocycles. The Morgan fingerprint density at radius 2 is 2.18 bits per heavy atom. The van der Waals surface area contributed by atoms with Gasteiger partial charge in [-0.3, -0.25) is 4.79 Å². The van der Waals surface area contributed by atoms with Crippen LogP contribution in [0.5, 0.6) is 0 Å². The molecule has 1 rings (SSSR count). The summed E-state index contributed by atoms with van der Waals surface area (Å²) in [5.41, 5.74) is 1.26. The Hall–Kier alpha value is -0.450. The second kappa shape index (κ2) is 3.30. The van der Waals surface area contributed by atoms with E-state index >= 15 is 0 Å². The maximum atomic E-state index is 12.6. The molecule has 0 N–H and O–H groups in total. The number of carbonyl (C=O) groups is 1. The number of hydrogen-bond acceptors (Lipinski definition) is 1. The molecule has 0 saturated carbocycles. The van der Waals surface area contributed by atoms with E-state index in [0.717, 1.165) is 9.13 Å². The third-order valence-electron chi connectivity index (χ3n) is 1.48. The minimum Gasteiger partial charge on any atom is -0.298 e. The summed E-state index contributed by atoms with van der Waals surface area (Å²) in [5.74, 6) is -0.359. The zero-order chi connectivity index (χ0) is 8.43. The molecule has 0 saturated heterocycles. The van der Waals surface area contributed by atoms with Gasteiger partial charge < -0.3 is 0 Å². The summed E-state index contributed by atoms with van der Waals surface area (Å²) in [6.45, 7) is 1.80. The van der Waals surface area contributed by atoms with E-state index in [1.807, 2.05) is 22.6 Å². The van der Waals surface area contributed by atoms with Crippen LogP contribution in [0.4, 0.5) is 4.39 Å². The van der Waals surface area contributed by atoms with Gasteiger partial charge in [-0.1, -0.05) is 0 Å². The minimum absolute atomic E-state index is 0.359. The zero-order valence-corrected chi connectivity index (χ0v) is 8.05. The Bertz CT molecular complexity index is 296. The van der Waals surface area contributed by atoms with Crippen molar-refractivity contribution in [2.24, 2.45) is 0 Å². The Morgan fingerprint density at radius 1 is 1.55 bits per heavy atom. The lowest BCUT2D eigenvalue weighted by Crippen LogP contribution is -1.91. The van der Waals surface area contributed by atoms with Gasteiger partial charge in [0.2, 0.25) is 0 Å². The smallest absolute Gasteiger partial charge is 0.150 e. The molecule has 1 aromatic rings. The largest absolute Gasteiger partial charge is 0.298 e. The van der Waals surface area contributed by atoms with Crippen LogP contribution in [-0.2, 0) is 0 Å². The predicted octanol–water partition coefficient (Wildman–Crippen LogP) is 2.55. The first-order valence-corrected chi connectivity index (χ1v) is 4.14. The van der Waals surface area contributed by atoms with Gasteiger partial charge in [-0.15, -0.1) is 0 Å². The molecule has 0 radical (unpaired) electrons. The maximum Gasteiger partial charge on any atom is 0.150 e. The molecule has 0 amide bonds. The van der Waals surface area contributed by atoms with Gasteiger partial charge in [0.1, 0.15) is 12.1 Å². The third-order valence-corrected chi connectivity index (χ3v) is 2.60. The highest BCUT2D eigenvalue weighted by atomic mass is 127. The fourth-order valence-corrected chi connectivity index (χ4v) is 1.40. The van der Waals surface area contributed by atoms with Crippen molar-refractivity contribution in [1.82, 2.24) is 0 Å². The molecule has 0 bridgehead atoms. The monoisotopic (exact) mass is 264 g/mol. The van der Waals surface area contributed by atoms with Gasteiger partial charge in [-0.25, -0.2) is 4.39 Å². The molecular formula is C8H6FIO. The molecule has 0 unspecified atom stereocenters. The highest BCUT2D eigenvalue weighted by molar-refractivity contribution is 14.1. The Labute approximate surface area is 77.8 Å². The van der Waals surface area contributed by atoms with Gasteiger partial charge in [0, 0.05) is 9.13 Å². The molecule has 0 heterocycles. The maximum absolute atomic E-state index is 12.6. The van der Waals surface area contributed by atoms with Crippen LogP contribution in [-0.4, -0.2) is 6.29 Å². The van der Waals surface area contributed by atoms with Crippen molar-refractivity contribution >= 4 is 28.9 Å². The van der Waals surface area contributed by atoms with E-state index in [-0.39, 0.29) is 5.82 Å². The van der Waals surface area contributed by atoms with Crippen LogP contribution in [0, 0.1) is 16.3 Å².